The summed E-state index contributed by atoms with van der Waals surface area (Å²) in [4.78, 5) is 0. The summed E-state index contributed by atoms with van der Waals surface area (Å²) in [5.74, 6) is -0.128. The van der Waals surface area contributed by atoms with E-state index in [2.05, 4.69) is 6.07 Å². The van der Waals surface area contributed by atoms with Crippen LogP contribution in [0.15, 0.2) is 18.2 Å². The van der Waals surface area contributed by atoms with Crippen molar-refractivity contribution < 1.29 is 4.39 Å². The van der Waals surface area contributed by atoms with E-state index in [1.54, 1.807) is 12.1 Å². The molecule has 2 N–H and O–H groups in total. The molecule has 0 amide bonds. The standard InChI is InChI=1S/C13H18FN/c1-3-10-6-11(8-12(14)7-10)13(4-5-13)9(2)15/h6-9H,3-5,15H2,1-2H3. The maximum atomic E-state index is 13.4. The van der Waals surface area contributed by atoms with Gasteiger partial charge in [-0.3, -0.25) is 0 Å². The SMILES string of the molecule is CCc1cc(F)cc(C2(C(C)N)CC2)c1. The monoisotopic (exact) mass is 207 g/mol. The topological polar surface area (TPSA) is 26.0 Å². The summed E-state index contributed by atoms with van der Waals surface area (Å²) in [6.07, 6.45) is 3.06. The van der Waals surface area contributed by atoms with Crippen molar-refractivity contribution in [2.45, 2.75) is 44.6 Å². The van der Waals surface area contributed by atoms with Crippen molar-refractivity contribution in [2.24, 2.45) is 5.73 Å². The Bertz CT molecular complexity index is 367. The number of hydrogen-bond donors (Lipinski definition) is 1. The van der Waals surface area contributed by atoms with E-state index in [0.717, 1.165) is 30.4 Å². The van der Waals surface area contributed by atoms with Crippen molar-refractivity contribution in [1.82, 2.24) is 0 Å². The largest absolute Gasteiger partial charge is 0.327 e. The van der Waals surface area contributed by atoms with Gasteiger partial charge in [0.25, 0.3) is 0 Å². The molecule has 0 heterocycles. The summed E-state index contributed by atoms with van der Waals surface area (Å²) in [6, 6.07) is 5.49. The van der Waals surface area contributed by atoms with Crippen LogP contribution in [0.2, 0.25) is 0 Å². The van der Waals surface area contributed by atoms with Gasteiger partial charge in [-0.25, -0.2) is 4.39 Å². The third kappa shape index (κ3) is 1.78. The van der Waals surface area contributed by atoms with Crippen LogP contribution in [0.4, 0.5) is 4.39 Å². The fourth-order valence-electron chi connectivity index (χ4n) is 2.28. The average molecular weight is 207 g/mol. The maximum Gasteiger partial charge on any atom is 0.123 e. The molecule has 0 aromatic heterocycles. The van der Waals surface area contributed by atoms with Crippen LogP contribution in [0.5, 0.6) is 0 Å². The summed E-state index contributed by atoms with van der Waals surface area (Å²) >= 11 is 0. The van der Waals surface area contributed by atoms with Gasteiger partial charge in [0.05, 0.1) is 0 Å². The van der Waals surface area contributed by atoms with Gasteiger partial charge in [-0.1, -0.05) is 13.0 Å². The minimum Gasteiger partial charge on any atom is -0.327 e. The van der Waals surface area contributed by atoms with Crippen LogP contribution in [0.25, 0.3) is 0 Å². The van der Waals surface area contributed by atoms with Crippen molar-refractivity contribution in [3.8, 4) is 0 Å². The highest BCUT2D eigenvalue weighted by atomic mass is 19.1. The van der Waals surface area contributed by atoms with E-state index >= 15 is 0 Å². The molecule has 0 spiro atoms. The Morgan fingerprint density at radius 3 is 2.53 bits per heavy atom. The molecule has 1 saturated carbocycles. The number of nitrogens with two attached hydrogens (primary N) is 1. The lowest BCUT2D eigenvalue weighted by atomic mass is 9.88. The van der Waals surface area contributed by atoms with Gasteiger partial charge in [0, 0.05) is 11.5 Å². The molecule has 1 aliphatic carbocycles. The van der Waals surface area contributed by atoms with E-state index in [4.69, 9.17) is 5.73 Å². The number of halogens is 1. The molecular formula is C13H18FN. The van der Waals surface area contributed by atoms with Crippen LogP contribution in [0.1, 0.15) is 37.8 Å². The highest BCUT2D eigenvalue weighted by Crippen LogP contribution is 2.50. The van der Waals surface area contributed by atoms with Crippen LogP contribution in [-0.2, 0) is 11.8 Å². The molecule has 15 heavy (non-hydrogen) atoms. The molecule has 0 saturated heterocycles. The van der Waals surface area contributed by atoms with E-state index in [1.807, 2.05) is 13.8 Å². The van der Waals surface area contributed by atoms with Gasteiger partial charge < -0.3 is 5.73 Å². The first-order valence-electron chi connectivity index (χ1n) is 5.64. The molecule has 1 aliphatic rings. The fraction of sp³-hybridized carbons (Fsp3) is 0.538. The lowest BCUT2D eigenvalue weighted by molar-refractivity contribution is 0.547. The minimum atomic E-state index is -0.128. The molecule has 1 aromatic rings. The Morgan fingerprint density at radius 1 is 1.40 bits per heavy atom. The molecule has 2 rings (SSSR count). The third-order valence-electron chi connectivity index (χ3n) is 3.60. The van der Waals surface area contributed by atoms with Crippen molar-refractivity contribution in [1.29, 1.82) is 0 Å². The van der Waals surface area contributed by atoms with E-state index in [0.29, 0.717) is 0 Å². The molecular weight excluding hydrogens is 189 g/mol. The van der Waals surface area contributed by atoms with Crippen molar-refractivity contribution in [2.75, 3.05) is 0 Å². The number of benzene rings is 1. The molecule has 1 aromatic carbocycles. The molecule has 2 heteroatoms. The second-order valence-corrected chi connectivity index (χ2v) is 4.65. The summed E-state index contributed by atoms with van der Waals surface area (Å²) in [6.45, 7) is 4.06. The lowest BCUT2D eigenvalue weighted by Crippen LogP contribution is -2.31. The van der Waals surface area contributed by atoms with E-state index in [1.165, 1.54) is 0 Å². The van der Waals surface area contributed by atoms with Gasteiger partial charge >= 0.3 is 0 Å². The van der Waals surface area contributed by atoms with Crippen LogP contribution < -0.4 is 5.73 Å². The second kappa shape index (κ2) is 3.60. The van der Waals surface area contributed by atoms with Gasteiger partial charge in [0.1, 0.15) is 5.82 Å². The van der Waals surface area contributed by atoms with Crippen molar-refractivity contribution in [3.05, 3.63) is 35.1 Å². The van der Waals surface area contributed by atoms with Crippen LogP contribution in [-0.4, -0.2) is 6.04 Å². The maximum absolute atomic E-state index is 13.4. The van der Waals surface area contributed by atoms with Gasteiger partial charge in [0.2, 0.25) is 0 Å². The zero-order valence-corrected chi connectivity index (χ0v) is 9.39. The lowest BCUT2D eigenvalue weighted by Gasteiger charge is -2.20. The minimum absolute atomic E-state index is 0.0615. The average Bonchev–Trinajstić information content (AvgIpc) is 2.97. The Kier molecular flexibility index (Phi) is 2.55. The molecule has 0 radical (unpaired) electrons. The first-order valence-corrected chi connectivity index (χ1v) is 5.64. The molecule has 1 unspecified atom stereocenters. The van der Waals surface area contributed by atoms with E-state index < -0.39 is 0 Å². The van der Waals surface area contributed by atoms with E-state index in [9.17, 15) is 4.39 Å². The predicted octanol–water partition coefficient (Wildman–Crippen LogP) is 2.77. The van der Waals surface area contributed by atoms with Gasteiger partial charge in [-0.05, 0) is 49.4 Å². The molecule has 82 valence electrons. The molecule has 1 nitrogen and oxygen atoms in total. The normalized spacial score (nSPS) is 20.0. The number of aryl methyl sites for hydroxylation is 1. The third-order valence-corrected chi connectivity index (χ3v) is 3.60. The quantitative estimate of drug-likeness (QED) is 0.810. The smallest absolute Gasteiger partial charge is 0.123 e. The van der Waals surface area contributed by atoms with Gasteiger partial charge in [-0.2, -0.15) is 0 Å². The molecule has 0 bridgehead atoms. The van der Waals surface area contributed by atoms with Crippen LogP contribution in [0.3, 0.4) is 0 Å². The summed E-state index contributed by atoms with van der Waals surface area (Å²) in [5, 5.41) is 0. The number of rotatable bonds is 3. The van der Waals surface area contributed by atoms with E-state index in [-0.39, 0.29) is 17.3 Å². The fourth-order valence-corrected chi connectivity index (χ4v) is 2.28. The highest BCUT2D eigenvalue weighted by molar-refractivity contribution is 5.37. The first-order chi connectivity index (χ1) is 7.08. The van der Waals surface area contributed by atoms with Crippen molar-refractivity contribution >= 4 is 0 Å². The van der Waals surface area contributed by atoms with Crippen LogP contribution >= 0.6 is 0 Å². The second-order valence-electron chi connectivity index (χ2n) is 4.65. The Labute approximate surface area is 90.5 Å². The Hall–Kier alpha value is -0.890. The van der Waals surface area contributed by atoms with Crippen LogP contribution in [0, 0.1) is 5.82 Å². The summed E-state index contributed by atoms with van der Waals surface area (Å²) in [5.41, 5.74) is 8.20. The summed E-state index contributed by atoms with van der Waals surface area (Å²) < 4.78 is 13.4. The molecule has 1 atom stereocenters. The zero-order valence-electron chi connectivity index (χ0n) is 9.39. The van der Waals surface area contributed by atoms with Gasteiger partial charge in [0.15, 0.2) is 0 Å². The highest BCUT2D eigenvalue weighted by Gasteiger charge is 2.47. The summed E-state index contributed by atoms with van der Waals surface area (Å²) in [7, 11) is 0. The number of hydrogen-bond acceptors (Lipinski definition) is 1. The Morgan fingerprint density at radius 2 is 2.07 bits per heavy atom. The molecule has 0 aliphatic heterocycles. The van der Waals surface area contributed by atoms with Crippen molar-refractivity contribution in [3.63, 3.8) is 0 Å². The molecule has 1 fully saturated rings. The zero-order chi connectivity index (χ0) is 11.1. The Balaban J connectivity index is 2.40. The first kappa shape index (κ1) is 10.6. The predicted molar refractivity (Wildman–Crippen MR) is 60.3 cm³/mol. The van der Waals surface area contributed by atoms with Gasteiger partial charge in [-0.15, -0.1) is 0 Å².